The summed E-state index contributed by atoms with van der Waals surface area (Å²) in [4.78, 5) is 13.9. The van der Waals surface area contributed by atoms with Gasteiger partial charge in [-0.05, 0) is 80.9 Å². The Kier molecular flexibility index (Phi) is 3.11. The van der Waals surface area contributed by atoms with Crippen LogP contribution in [-0.2, 0) is 12.8 Å². The molecule has 0 spiro atoms. The number of nitrogens with zero attached hydrogens (tertiary/aromatic N) is 4. The number of rotatable bonds is 0. The summed E-state index contributed by atoms with van der Waals surface area (Å²) in [6.07, 6.45) is 9.55. The third-order valence-corrected chi connectivity index (χ3v) is 8.07. The van der Waals surface area contributed by atoms with Gasteiger partial charge in [0.1, 0.15) is 5.65 Å². The van der Waals surface area contributed by atoms with Gasteiger partial charge in [0.05, 0.1) is 28.9 Å². The molecule has 162 valence electrons. The highest BCUT2D eigenvalue weighted by molar-refractivity contribution is 6.17. The summed E-state index contributed by atoms with van der Waals surface area (Å²) in [7, 11) is 0. The van der Waals surface area contributed by atoms with Crippen LogP contribution in [0.2, 0.25) is 0 Å². The molecule has 7 aromatic rings. The minimum atomic E-state index is 0.953. The predicted octanol–water partition coefficient (Wildman–Crippen LogP) is 6.73. The van der Waals surface area contributed by atoms with Gasteiger partial charge in [-0.1, -0.05) is 42.5 Å². The maximum Gasteiger partial charge on any atom is 0.146 e. The zero-order valence-electron chi connectivity index (χ0n) is 18.8. The van der Waals surface area contributed by atoms with E-state index in [1.54, 1.807) is 0 Å². The molecule has 0 unspecified atom stereocenters. The standard InChI is InChI=1S/C31H18N4/c1-2-4-18-17(3-1)13-24-19(18)5-6-20-21-7-8-23-30(26(21)14-25(20)24)22-9-11-32-15-28(22)35-29-16-33-12-10-27(29)34-31(23)35/h1-12,15-16H,13-14H2. The molecule has 0 fully saturated rings. The Morgan fingerprint density at radius 2 is 1.34 bits per heavy atom. The number of hydrogen-bond acceptors (Lipinski definition) is 3. The average molecular weight is 447 g/mol. The Bertz CT molecular complexity index is 2070. The summed E-state index contributed by atoms with van der Waals surface area (Å²) in [5.41, 5.74) is 15.4. The van der Waals surface area contributed by atoms with Crippen LogP contribution in [0.15, 0.2) is 85.5 Å². The van der Waals surface area contributed by atoms with E-state index in [1.807, 2.05) is 30.9 Å². The van der Waals surface area contributed by atoms with Crippen LogP contribution >= 0.6 is 0 Å². The summed E-state index contributed by atoms with van der Waals surface area (Å²) in [6, 6.07) is 22.2. The number of imidazole rings is 1. The SMILES string of the molecule is c1ccc2c(c1)Cc1c-2ccc2c1Cc1c-2ccc2c1c1ccncc1n1c3cnccc3nc21. The Morgan fingerprint density at radius 3 is 2.29 bits per heavy atom. The van der Waals surface area contributed by atoms with Gasteiger partial charge in [-0.25, -0.2) is 4.98 Å². The van der Waals surface area contributed by atoms with Crippen molar-refractivity contribution < 1.29 is 0 Å². The van der Waals surface area contributed by atoms with Crippen LogP contribution in [0.3, 0.4) is 0 Å². The second kappa shape index (κ2) is 6.10. The first kappa shape index (κ1) is 17.8. The van der Waals surface area contributed by atoms with E-state index < -0.39 is 0 Å². The summed E-state index contributed by atoms with van der Waals surface area (Å²) in [5.74, 6) is 0. The first-order chi connectivity index (χ1) is 17.4. The van der Waals surface area contributed by atoms with Gasteiger partial charge in [0.25, 0.3) is 0 Å². The summed E-state index contributed by atoms with van der Waals surface area (Å²) < 4.78 is 2.22. The van der Waals surface area contributed by atoms with Crippen molar-refractivity contribution in [2.24, 2.45) is 0 Å². The van der Waals surface area contributed by atoms with E-state index in [1.165, 1.54) is 60.7 Å². The Hall–Kier alpha value is -4.57. The number of hydrogen-bond donors (Lipinski definition) is 0. The van der Waals surface area contributed by atoms with Crippen LogP contribution in [0.4, 0.5) is 0 Å². The lowest BCUT2D eigenvalue weighted by Gasteiger charge is -2.12. The molecule has 4 heteroatoms. The lowest BCUT2D eigenvalue weighted by atomic mass is 9.96. The van der Waals surface area contributed by atoms with E-state index in [0.717, 1.165) is 35.0 Å². The van der Waals surface area contributed by atoms with Gasteiger partial charge in [0.2, 0.25) is 0 Å². The molecular formula is C31H18N4. The van der Waals surface area contributed by atoms with E-state index in [2.05, 4.69) is 69.0 Å². The minimum Gasteiger partial charge on any atom is -0.289 e. The lowest BCUT2D eigenvalue weighted by molar-refractivity contribution is 1.17. The van der Waals surface area contributed by atoms with Gasteiger partial charge < -0.3 is 0 Å². The van der Waals surface area contributed by atoms with Gasteiger partial charge in [0, 0.05) is 23.2 Å². The molecule has 0 saturated carbocycles. The second-order valence-electron chi connectivity index (χ2n) is 9.67. The first-order valence-corrected chi connectivity index (χ1v) is 12.0. The third kappa shape index (κ3) is 2.11. The molecule has 0 radical (unpaired) electrons. The molecule has 35 heavy (non-hydrogen) atoms. The second-order valence-corrected chi connectivity index (χ2v) is 9.67. The van der Waals surface area contributed by atoms with Crippen molar-refractivity contribution in [1.29, 1.82) is 0 Å². The first-order valence-electron chi connectivity index (χ1n) is 12.0. The van der Waals surface area contributed by atoms with Crippen LogP contribution < -0.4 is 0 Å². The normalized spacial score (nSPS) is 13.5. The molecule has 0 bridgehead atoms. The van der Waals surface area contributed by atoms with Crippen molar-refractivity contribution in [2.75, 3.05) is 0 Å². The molecule has 4 heterocycles. The van der Waals surface area contributed by atoms with Gasteiger partial charge in [-0.2, -0.15) is 0 Å². The molecule has 0 saturated heterocycles. The van der Waals surface area contributed by atoms with Crippen molar-refractivity contribution in [3.8, 4) is 22.3 Å². The van der Waals surface area contributed by atoms with Crippen molar-refractivity contribution in [3.05, 3.63) is 108 Å². The molecule has 2 aliphatic carbocycles. The molecular weight excluding hydrogens is 428 g/mol. The van der Waals surface area contributed by atoms with Crippen molar-refractivity contribution in [3.63, 3.8) is 0 Å². The Morgan fingerprint density at radius 1 is 0.600 bits per heavy atom. The maximum absolute atomic E-state index is 5.05. The number of fused-ring (bicyclic) bond motifs is 16. The van der Waals surface area contributed by atoms with Crippen molar-refractivity contribution in [1.82, 2.24) is 19.4 Å². The summed E-state index contributed by atoms with van der Waals surface area (Å²) in [6.45, 7) is 0. The van der Waals surface area contributed by atoms with Gasteiger partial charge in [-0.15, -0.1) is 0 Å². The molecule has 4 aromatic heterocycles. The fraction of sp³-hybridized carbons (Fsp3) is 0.0645. The smallest absolute Gasteiger partial charge is 0.146 e. The van der Waals surface area contributed by atoms with E-state index in [0.29, 0.717) is 0 Å². The van der Waals surface area contributed by atoms with Crippen LogP contribution in [0.25, 0.3) is 60.6 Å². The van der Waals surface area contributed by atoms with Crippen LogP contribution in [0.1, 0.15) is 22.3 Å². The summed E-state index contributed by atoms with van der Waals surface area (Å²) in [5, 5.41) is 3.71. The number of pyridine rings is 3. The zero-order valence-corrected chi connectivity index (χ0v) is 18.8. The van der Waals surface area contributed by atoms with E-state index in [9.17, 15) is 0 Å². The van der Waals surface area contributed by atoms with Gasteiger partial charge in [0.15, 0.2) is 0 Å². The van der Waals surface area contributed by atoms with E-state index in [-0.39, 0.29) is 0 Å². The Labute approximate surface area is 200 Å². The number of aromatic nitrogens is 4. The average Bonchev–Trinajstić information content (AvgIpc) is 3.59. The molecule has 0 atom stereocenters. The molecule has 0 N–H and O–H groups in total. The van der Waals surface area contributed by atoms with Gasteiger partial charge in [-0.3, -0.25) is 14.4 Å². The summed E-state index contributed by atoms with van der Waals surface area (Å²) >= 11 is 0. The maximum atomic E-state index is 5.05. The van der Waals surface area contributed by atoms with Crippen molar-refractivity contribution in [2.45, 2.75) is 12.8 Å². The molecule has 9 rings (SSSR count). The third-order valence-electron chi connectivity index (χ3n) is 8.07. The molecule has 3 aromatic carbocycles. The molecule has 4 nitrogen and oxygen atoms in total. The fourth-order valence-electron chi connectivity index (χ4n) is 6.61. The Balaban J connectivity index is 1.39. The molecule has 0 amide bonds. The highest BCUT2D eigenvalue weighted by Gasteiger charge is 2.29. The highest BCUT2D eigenvalue weighted by Crippen LogP contribution is 2.49. The highest BCUT2D eigenvalue weighted by atomic mass is 15.0. The van der Waals surface area contributed by atoms with Crippen LogP contribution in [-0.4, -0.2) is 19.4 Å². The zero-order chi connectivity index (χ0) is 22.7. The molecule has 2 aliphatic rings. The van der Waals surface area contributed by atoms with Crippen LogP contribution in [0.5, 0.6) is 0 Å². The van der Waals surface area contributed by atoms with E-state index in [4.69, 9.17) is 4.98 Å². The van der Waals surface area contributed by atoms with Gasteiger partial charge >= 0.3 is 0 Å². The predicted molar refractivity (Wildman–Crippen MR) is 140 cm³/mol. The molecule has 0 aliphatic heterocycles. The lowest BCUT2D eigenvalue weighted by Crippen LogP contribution is -1.95. The fourth-order valence-corrected chi connectivity index (χ4v) is 6.61. The largest absolute Gasteiger partial charge is 0.289 e. The number of benzene rings is 3. The van der Waals surface area contributed by atoms with Crippen LogP contribution in [0, 0.1) is 0 Å². The van der Waals surface area contributed by atoms with E-state index >= 15 is 0 Å². The topological polar surface area (TPSA) is 43.1 Å². The minimum absolute atomic E-state index is 0.953. The monoisotopic (exact) mass is 446 g/mol. The van der Waals surface area contributed by atoms with Crippen molar-refractivity contribution >= 4 is 38.4 Å². The quantitative estimate of drug-likeness (QED) is 0.243.